The summed E-state index contributed by atoms with van der Waals surface area (Å²) >= 11 is 5.61. The van der Waals surface area contributed by atoms with Crippen LogP contribution in [0.1, 0.15) is 5.56 Å². The predicted molar refractivity (Wildman–Crippen MR) is 51.7 cm³/mol. The van der Waals surface area contributed by atoms with Gasteiger partial charge in [0.2, 0.25) is 0 Å². The van der Waals surface area contributed by atoms with Gasteiger partial charge in [-0.15, -0.1) is 5.73 Å². The Morgan fingerprint density at radius 2 is 2.31 bits per heavy atom. The van der Waals surface area contributed by atoms with Crippen LogP contribution in [-0.2, 0) is 0 Å². The van der Waals surface area contributed by atoms with E-state index in [1.165, 1.54) is 12.1 Å². The molecule has 0 unspecified atom stereocenters. The van der Waals surface area contributed by atoms with Crippen molar-refractivity contribution in [1.82, 2.24) is 0 Å². The number of hydrogen-bond acceptors (Lipinski definition) is 2. The maximum absolute atomic E-state index is 10.5. The van der Waals surface area contributed by atoms with E-state index in [-0.39, 0.29) is 5.69 Å². The topological polar surface area (TPSA) is 43.1 Å². The van der Waals surface area contributed by atoms with Crippen molar-refractivity contribution in [3.05, 3.63) is 51.2 Å². The lowest BCUT2D eigenvalue weighted by atomic mass is 10.2. The molecule has 0 aliphatic carbocycles. The van der Waals surface area contributed by atoms with Gasteiger partial charge in [0.25, 0.3) is 5.69 Å². The molecule has 0 aromatic heterocycles. The second-order valence-corrected chi connectivity index (χ2v) is 2.75. The zero-order chi connectivity index (χ0) is 9.84. The average molecular weight is 196 g/mol. The molecule has 0 atom stereocenters. The van der Waals surface area contributed by atoms with Crippen LogP contribution >= 0.6 is 11.6 Å². The molecule has 1 aromatic carbocycles. The summed E-state index contributed by atoms with van der Waals surface area (Å²) in [5.74, 6) is 0. The molecule has 1 rings (SSSR count). The summed E-state index contributed by atoms with van der Waals surface area (Å²) in [7, 11) is 0. The van der Waals surface area contributed by atoms with E-state index >= 15 is 0 Å². The van der Waals surface area contributed by atoms with Gasteiger partial charge in [-0.2, -0.15) is 0 Å². The van der Waals surface area contributed by atoms with Gasteiger partial charge in [0.15, 0.2) is 0 Å². The third-order valence-electron chi connectivity index (χ3n) is 1.45. The smallest absolute Gasteiger partial charge is 0.258 e. The minimum atomic E-state index is -0.491. The SMILES string of the molecule is C=C=Cc1ccc(Cl)cc1[N+](=O)[O-]. The van der Waals surface area contributed by atoms with E-state index in [2.05, 4.69) is 12.3 Å². The fourth-order valence-corrected chi connectivity index (χ4v) is 1.07. The van der Waals surface area contributed by atoms with E-state index in [1.807, 2.05) is 0 Å². The van der Waals surface area contributed by atoms with Crippen molar-refractivity contribution in [3.63, 3.8) is 0 Å². The molecule has 0 spiro atoms. The van der Waals surface area contributed by atoms with Gasteiger partial charge in [0, 0.05) is 11.1 Å². The minimum Gasteiger partial charge on any atom is -0.258 e. The van der Waals surface area contributed by atoms with Crippen molar-refractivity contribution in [1.29, 1.82) is 0 Å². The van der Waals surface area contributed by atoms with E-state index in [0.29, 0.717) is 10.6 Å². The molecule has 0 saturated carbocycles. The normalized spacial score (nSPS) is 9.00. The lowest BCUT2D eigenvalue weighted by Gasteiger charge is -1.96. The molecule has 0 amide bonds. The monoisotopic (exact) mass is 195 g/mol. The summed E-state index contributed by atoms with van der Waals surface area (Å²) in [6.45, 7) is 3.34. The number of hydrogen-bond donors (Lipinski definition) is 0. The second-order valence-electron chi connectivity index (χ2n) is 2.31. The Bertz CT molecular complexity index is 395. The van der Waals surface area contributed by atoms with E-state index in [4.69, 9.17) is 11.6 Å². The molecular weight excluding hydrogens is 190 g/mol. The molecule has 0 saturated heterocycles. The molecule has 0 bridgehead atoms. The molecule has 0 radical (unpaired) electrons. The lowest BCUT2D eigenvalue weighted by molar-refractivity contribution is -0.385. The van der Waals surface area contributed by atoms with Gasteiger partial charge < -0.3 is 0 Å². The molecule has 4 heteroatoms. The maximum atomic E-state index is 10.5. The Morgan fingerprint density at radius 1 is 1.62 bits per heavy atom. The first-order valence-electron chi connectivity index (χ1n) is 3.45. The molecule has 0 aliphatic rings. The van der Waals surface area contributed by atoms with Crippen molar-refractivity contribution in [2.45, 2.75) is 0 Å². The third kappa shape index (κ3) is 2.18. The van der Waals surface area contributed by atoms with Crippen LogP contribution in [0.3, 0.4) is 0 Å². The molecular formula is C9H6ClNO2. The highest BCUT2D eigenvalue weighted by molar-refractivity contribution is 6.30. The van der Waals surface area contributed by atoms with Gasteiger partial charge in [0.05, 0.1) is 10.5 Å². The summed E-state index contributed by atoms with van der Waals surface area (Å²) in [5, 5.41) is 10.9. The molecule has 0 N–H and O–H groups in total. The van der Waals surface area contributed by atoms with Crippen LogP contribution in [0.25, 0.3) is 6.08 Å². The molecule has 0 aliphatic heterocycles. The van der Waals surface area contributed by atoms with Crippen LogP contribution in [-0.4, -0.2) is 4.92 Å². The summed E-state index contributed by atoms with van der Waals surface area (Å²) < 4.78 is 0. The Kier molecular flexibility index (Phi) is 2.85. The maximum Gasteiger partial charge on any atom is 0.278 e. The number of benzene rings is 1. The van der Waals surface area contributed by atoms with Crippen LogP contribution in [0.4, 0.5) is 5.69 Å². The fourth-order valence-electron chi connectivity index (χ4n) is 0.907. The third-order valence-corrected chi connectivity index (χ3v) is 1.68. The van der Waals surface area contributed by atoms with Gasteiger partial charge in [0.1, 0.15) is 0 Å². The van der Waals surface area contributed by atoms with Crippen LogP contribution in [0, 0.1) is 10.1 Å². The first-order valence-corrected chi connectivity index (χ1v) is 3.82. The van der Waals surface area contributed by atoms with Crippen LogP contribution in [0.2, 0.25) is 5.02 Å². The van der Waals surface area contributed by atoms with E-state index < -0.39 is 4.92 Å². The van der Waals surface area contributed by atoms with Gasteiger partial charge in [-0.05, 0) is 18.2 Å². The molecule has 0 heterocycles. The van der Waals surface area contributed by atoms with Gasteiger partial charge in [-0.3, -0.25) is 10.1 Å². The van der Waals surface area contributed by atoms with Crippen LogP contribution in [0.15, 0.2) is 30.5 Å². The van der Waals surface area contributed by atoms with Crippen molar-refractivity contribution in [3.8, 4) is 0 Å². The Morgan fingerprint density at radius 3 is 2.85 bits per heavy atom. The minimum absolute atomic E-state index is 0.0383. The molecule has 0 fully saturated rings. The molecule has 1 aromatic rings. The lowest BCUT2D eigenvalue weighted by Crippen LogP contribution is -1.90. The molecule has 13 heavy (non-hydrogen) atoms. The summed E-state index contributed by atoms with van der Waals surface area (Å²) in [6.07, 6.45) is 1.44. The largest absolute Gasteiger partial charge is 0.278 e. The zero-order valence-electron chi connectivity index (χ0n) is 6.66. The first-order chi connectivity index (χ1) is 6.15. The van der Waals surface area contributed by atoms with Crippen molar-refractivity contribution < 1.29 is 4.92 Å². The van der Waals surface area contributed by atoms with Gasteiger partial charge in [-0.1, -0.05) is 18.2 Å². The van der Waals surface area contributed by atoms with Crippen molar-refractivity contribution in [2.75, 3.05) is 0 Å². The fraction of sp³-hybridized carbons (Fsp3) is 0. The number of rotatable bonds is 2. The predicted octanol–water partition coefficient (Wildman–Crippen LogP) is 3.05. The second kappa shape index (κ2) is 3.90. The highest BCUT2D eigenvalue weighted by atomic mass is 35.5. The first kappa shape index (κ1) is 9.52. The summed E-state index contributed by atoms with van der Waals surface area (Å²) in [5.41, 5.74) is 2.89. The van der Waals surface area contributed by atoms with Crippen molar-refractivity contribution >= 4 is 23.4 Å². The standard InChI is InChI=1S/C9H6ClNO2/c1-2-3-7-4-5-8(10)6-9(7)11(12)13/h3-6H,1H2. The zero-order valence-corrected chi connectivity index (χ0v) is 7.41. The van der Waals surface area contributed by atoms with Gasteiger partial charge >= 0.3 is 0 Å². The molecule has 3 nitrogen and oxygen atoms in total. The summed E-state index contributed by atoms with van der Waals surface area (Å²) in [4.78, 5) is 10.0. The van der Waals surface area contributed by atoms with E-state index in [0.717, 1.165) is 0 Å². The number of nitro benzene ring substituents is 1. The number of nitro groups is 1. The van der Waals surface area contributed by atoms with Crippen LogP contribution < -0.4 is 0 Å². The highest BCUT2D eigenvalue weighted by Crippen LogP contribution is 2.23. The quantitative estimate of drug-likeness (QED) is 0.414. The summed E-state index contributed by atoms with van der Waals surface area (Å²) in [6, 6.07) is 4.43. The Balaban J connectivity index is 3.34. The van der Waals surface area contributed by atoms with Crippen molar-refractivity contribution in [2.24, 2.45) is 0 Å². The van der Waals surface area contributed by atoms with E-state index in [1.54, 1.807) is 12.1 Å². The number of halogens is 1. The average Bonchev–Trinajstić information content (AvgIpc) is 2.08. The number of nitrogens with zero attached hydrogens (tertiary/aromatic N) is 1. The van der Waals surface area contributed by atoms with Crippen LogP contribution in [0.5, 0.6) is 0 Å². The van der Waals surface area contributed by atoms with Gasteiger partial charge in [-0.25, -0.2) is 0 Å². The highest BCUT2D eigenvalue weighted by Gasteiger charge is 2.11. The Labute approximate surface area is 80.1 Å². The molecule has 66 valence electrons. The Hall–Kier alpha value is -1.57. The van der Waals surface area contributed by atoms with E-state index in [9.17, 15) is 10.1 Å².